The van der Waals surface area contributed by atoms with Gasteiger partial charge in [-0.15, -0.1) is 0 Å². The highest BCUT2D eigenvalue weighted by Gasteiger charge is 2.35. The van der Waals surface area contributed by atoms with Gasteiger partial charge in [-0.3, -0.25) is 0 Å². The maximum atomic E-state index is 5.55. The number of fused-ring (bicyclic) bond motifs is 2. The van der Waals surface area contributed by atoms with Crippen LogP contribution in [-0.2, 0) is 14.2 Å². The summed E-state index contributed by atoms with van der Waals surface area (Å²) in [4.78, 5) is 0. The topological polar surface area (TPSA) is 27.7 Å². The van der Waals surface area contributed by atoms with Gasteiger partial charge in [0.25, 0.3) is 0 Å². The van der Waals surface area contributed by atoms with Crippen LogP contribution >= 0.6 is 0 Å². The van der Waals surface area contributed by atoms with Crippen molar-refractivity contribution < 1.29 is 14.2 Å². The van der Waals surface area contributed by atoms with Crippen LogP contribution in [0.1, 0.15) is 6.42 Å². The zero-order valence-electron chi connectivity index (χ0n) is 10.5. The van der Waals surface area contributed by atoms with E-state index in [0.717, 1.165) is 12.0 Å². The molecule has 1 unspecified atom stereocenters. The van der Waals surface area contributed by atoms with E-state index in [9.17, 15) is 0 Å². The lowest BCUT2D eigenvalue weighted by molar-refractivity contribution is -0.142. The molecule has 0 aromatic heterocycles. The van der Waals surface area contributed by atoms with Crippen molar-refractivity contribution in [2.45, 2.75) is 18.3 Å². The summed E-state index contributed by atoms with van der Waals surface area (Å²) >= 11 is 0. The molecule has 0 heterocycles. The van der Waals surface area contributed by atoms with E-state index >= 15 is 0 Å². The Labute approximate surface area is 102 Å². The van der Waals surface area contributed by atoms with Crippen LogP contribution in [0, 0.1) is 0 Å². The van der Waals surface area contributed by atoms with E-state index in [0.29, 0.717) is 0 Å². The molecule has 0 aromatic rings. The zero-order valence-corrected chi connectivity index (χ0v) is 10.5. The fraction of sp³-hybridized carbons (Fsp3) is 0.429. The van der Waals surface area contributed by atoms with Gasteiger partial charge in [-0.25, -0.2) is 0 Å². The number of hydrogen-bond donors (Lipinski definition) is 0. The summed E-state index contributed by atoms with van der Waals surface area (Å²) in [5, 5.41) is 0. The highest BCUT2D eigenvalue weighted by molar-refractivity contribution is 5.40. The van der Waals surface area contributed by atoms with Gasteiger partial charge in [0.2, 0.25) is 5.79 Å². The highest BCUT2D eigenvalue weighted by Crippen LogP contribution is 2.35. The largest absolute Gasteiger partial charge is 0.373 e. The van der Waals surface area contributed by atoms with Crippen LogP contribution in [0.2, 0.25) is 0 Å². The van der Waals surface area contributed by atoms with Crippen molar-refractivity contribution in [1.82, 2.24) is 0 Å². The van der Waals surface area contributed by atoms with Crippen LogP contribution in [0.5, 0.6) is 0 Å². The normalized spacial score (nSPS) is 25.9. The summed E-state index contributed by atoms with van der Waals surface area (Å²) in [5.74, 6) is -0.777. The van der Waals surface area contributed by atoms with Gasteiger partial charge >= 0.3 is 0 Å². The molecule has 2 bridgehead atoms. The first-order chi connectivity index (χ1) is 8.25. The molecule has 1 atom stereocenters. The molecule has 0 aromatic carbocycles. The summed E-state index contributed by atoms with van der Waals surface area (Å²) in [7, 11) is 5.01. The van der Waals surface area contributed by atoms with E-state index in [1.165, 1.54) is 5.57 Å². The number of allylic oxidation sites excluding steroid dienone is 4. The summed E-state index contributed by atoms with van der Waals surface area (Å²) in [6, 6.07) is 0. The molecule has 3 heteroatoms. The standard InChI is InChI=1S/C14H18O3/c1-15-13-8-9-14(16-2,17-3)12-7-5-4-6-11(13)10-12/h4-9,13H,10H2,1-3H3. The predicted molar refractivity (Wildman–Crippen MR) is 66.6 cm³/mol. The van der Waals surface area contributed by atoms with Crippen LogP contribution in [0.3, 0.4) is 0 Å². The van der Waals surface area contributed by atoms with Crippen molar-refractivity contribution in [2.75, 3.05) is 21.3 Å². The predicted octanol–water partition coefficient (Wildman–Crippen LogP) is 2.37. The first kappa shape index (κ1) is 12.3. The Kier molecular flexibility index (Phi) is 3.62. The smallest absolute Gasteiger partial charge is 0.211 e. The van der Waals surface area contributed by atoms with E-state index in [1.54, 1.807) is 21.3 Å². The lowest BCUT2D eigenvalue weighted by atomic mass is 9.99. The van der Waals surface area contributed by atoms with Gasteiger partial charge in [-0.05, 0) is 23.6 Å². The third kappa shape index (κ3) is 2.14. The Morgan fingerprint density at radius 3 is 2.47 bits per heavy atom. The second-order valence-corrected chi connectivity index (χ2v) is 4.09. The molecule has 17 heavy (non-hydrogen) atoms. The van der Waals surface area contributed by atoms with Crippen LogP contribution < -0.4 is 0 Å². The average molecular weight is 234 g/mol. The first-order valence-electron chi connectivity index (χ1n) is 5.65. The second kappa shape index (κ2) is 5.00. The molecule has 0 radical (unpaired) electrons. The van der Waals surface area contributed by atoms with E-state index in [4.69, 9.17) is 14.2 Å². The maximum Gasteiger partial charge on any atom is 0.211 e. The van der Waals surface area contributed by atoms with Gasteiger partial charge in [0.15, 0.2) is 0 Å². The Hall–Kier alpha value is -1.16. The Balaban J connectivity index is 2.48. The van der Waals surface area contributed by atoms with Gasteiger partial charge in [-0.2, -0.15) is 0 Å². The second-order valence-electron chi connectivity index (χ2n) is 4.09. The van der Waals surface area contributed by atoms with Gasteiger partial charge < -0.3 is 14.2 Å². The molecule has 0 spiro atoms. The third-order valence-corrected chi connectivity index (χ3v) is 3.28. The Morgan fingerprint density at radius 1 is 1.12 bits per heavy atom. The van der Waals surface area contributed by atoms with Crippen molar-refractivity contribution in [1.29, 1.82) is 0 Å². The molecule has 0 aliphatic heterocycles. The van der Waals surface area contributed by atoms with E-state index in [2.05, 4.69) is 6.08 Å². The van der Waals surface area contributed by atoms with Crippen molar-refractivity contribution in [3.8, 4) is 0 Å². The Morgan fingerprint density at radius 2 is 1.82 bits per heavy atom. The Bertz CT molecular complexity index is 398. The molecule has 0 amide bonds. The van der Waals surface area contributed by atoms with Gasteiger partial charge in [-0.1, -0.05) is 30.4 Å². The zero-order chi connectivity index (χ0) is 12.3. The molecular formula is C14H18O3. The number of ether oxygens (including phenoxy) is 3. The fourth-order valence-electron chi connectivity index (χ4n) is 2.28. The quantitative estimate of drug-likeness (QED) is 0.554. The van der Waals surface area contributed by atoms with Crippen LogP contribution in [0.4, 0.5) is 0 Å². The number of methoxy groups -OCH3 is 3. The van der Waals surface area contributed by atoms with Gasteiger partial charge in [0.05, 0.1) is 6.10 Å². The van der Waals surface area contributed by atoms with E-state index < -0.39 is 5.79 Å². The monoisotopic (exact) mass is 234 g/mol. The van der Waals surface area contributed by atoms with Crippen molar-refractivity contribution in [3.63, 3.8) is 0 Å². The number of hydrogen-bond acceptors (Lipinski definition) is 3. The van der Waals surface area contributed by atoms with E-state index in [-0.39, 0.29) is 6.10 Å². The SMILES string of the molecule is COC1C=CC(OC)(OC)C2=CC=CC=C1C2. The molecule has 0 fully saturated rings. The van der Waals surface area contributed by atoms with Crippen LogP contribution in [-0.4, -0.2) is 33.2 Å². The first-order valence-corrected chi connectivity index (χ1v) is 5.65. The minimum atomic E-state index is -0.777. The molecule has 92 valence electrons. The summed E-state index contributed by atoms with van der Waals surface area (Å²) in [6.07, 6.45) is 12.8. The third-order valence-electron chi connectivity index (χ3n) is 3.28. The average Bonchev–Trinajstić information content (AvgIpc) is 2.69. The molecule has 0 saturated carbocycles. The number of rotatable bonds is 3. The lowest BCUT2D eigenvalue weighted by Gasteiger charge is -2.29. The van der Waals surface area contributed by atoms with Crippen molar-refractivity contribution in [3.05, 3.63) is 47.6 Å². The molecule has 0 saturated heterocycles. The maximum absolute atomic E-state index is 5.55. The summed E-state index contributed by atoms with van der Waals surface area (Å²) in [6.45, 7) is 0. The van der Waals surface area contributed by atoms with Crippen molar-refractivity contribution >= 4 is 0 Å². The molecule has 2 aliphatic rings. The molecule has 2 aliphatic carbocycles. The minimum absolute atomic E-state index is 0.0201. The van der Waals surface area contributed by atoms with Crippen molar-refractivity contribution in [2.24, 2.45) is 0 Å². The minimum Gasteiger partial charge on any atom is -0.373 e. The summed E-state index contributed by atoms with van der Waals surface area (Å²) in [5.41, 5.74) is 2.29. The lowest BCUT2D eigenvalue weighted by Crippen LogP contribution is -2.33. The highest BCUT2D eigenvalue weighted by atomic mass is 16.7. The molecular weight excluding hydrogens is 216 g/mol. The molecule has 0 N–H and O–H groups in total. The fourth-order valence-corrected chi connectivity index (χ4v) is 2.28. The molecule has 2 rings (SSSR count). The molecule has 3 nitrogen and oxygen atoms in total. The van der Waals surface area contributed by atoms with Crippen LogP contribution in [0.15, 0.2) is 47.6 Å². The van der Waals surface area contributed by atoms with Gasteiger partial charge in [0.1, 0.15) is 0 Å². The van der Waals surface area contributed by atoms with Crippen LogP contribution in [0.25, 0.3) is 0 Å². The van der Waals surface area contributed by atoms with E-state index in [1.807, 2.05) is 30.4 Å². The summed E-state index contributed by atoms with van der Waals surface area (Å²) < 4.78 is 16.6. The van der Waals surface area contributed by atoms with Gasteiger partial charge in [0, 0.05) is 21.3 Å².